The Morgan fingerprint density at radius 3 is 2.79 bits per heavy atom. The van der Waals surface area contributed by atoms with Crippen molar-refractivity contribution < 1.29 is 9.21 Å². The third-order valence-electron chi connectivity index (χ3n) is 4.52. The number of H-pyrrole nitrogens is 1. The number of benzene rings is 2. The van der Waals surface area contributed by atoms with Gasteiger partial charge in [-0.3, -0.25) is 4.79 Å². The minimum Gasteiger partial charge on any atom is -0.457 e. The number of rotatable bonds is 3. The van der Waals surface area contributed by atoms with Gasteiger partial charge in [-0.1, -0.05) is 29.8 Å². The second kappa shape index (κ2) is 6.51. The van der Waals surface area contributed by atoms with Gasteiger partial charge in [0.15, 0.2) is 5.82 Å². The van der Waals surface area contributed by atoms with Gasteiger partial charge in [0.1, 0.15) is 17.8 Å². The molecular formula is C21H13ClN4O2. The van der Waals surface area contributed by atoms with Gasteiger partial charge in [-0.05, 0) is 42.5 Å². The summed E-state index contributed by atoms with van der Waals surface area (Å²) in [6, 6.07) is 16.8. The maximum absolute atomic E-state index is 12.3. The first-order valence-corrected chi connectivity index (χ1v) is 8.95. The normalized spacial score (nSPS) is 14.3. The van der Waals surface area contributed by atoms with Crippen molar-refractivity contribution in [1.29, 1.82) is 0 Å². The molecule has 2 aromatic carbocycles. The molecule has 0 spiro atoms. The van der Waals surface area contributed by atoms with E-state index >= 15 is 0 Å². The van der Waals surface area contributed by atoms with Crippen LogP contribution in [0.1, 0.15) is 11.3 Å². The molecule has 0 saturated heterocycles. The van der Waals surface area contributed by atoms with Crippen molar-refractivity contribution in [2.75, 3.05) is 5.32 Å². The summed E-state index contributed by atoms with van der Waals surface area (Å²) in [5, 5.41) is 11.2. The molecular weight excluding hydrogens is 376 g/mol. The molecule has 7 heteroatoms. The number of fused-ring (bicyclic) bond motifs is 1. The van der Waals surface area contributed by atoms with E-state index in [2.05, 4.69) is 20.5 Å². The molecule has 0 saturated carbocycles. The van der Waals surface area contributed by atoms with Crippen molar-refractivity contribution in [2.45, 2.75) is 0 Å². The van der Waals surface area contributed by atoms with E-state index in [1.54, 1.807) is 24.3 Å². The lowest BCUT2D eigenvalue weighted by Crippen LogP contribution is -2.03. The van der Waals surface area contributed by atoms with Gasteiger partial charge >= 0.3 is 0 Å². The Balaban J connectivity index is 1.50. The van der Waals surface area contributed by atoms with Gasteiger partial charge < -0.3 is 14.7 Å². The van der Waals surface area contributed by atoms with Crippen LogP contribution in [0.5, 0.6) is 0 Å². The largest absolute Gasteiger partial charge is 0.457 e. The number of anilines is 1. The molecule has 5 rings (SSSR count). The summed E-state index contributed by atoms with van der Waals surface area (Å²) in [6.45, 7) is 0. The molecule has 2 N–H and O–H groups in total. The van der Waals surface area contributed by atoms with Crippen LogP contribution in [0.4, 0.5) is 5.69 Å². The van der Waals surface area contributed by atoms with Crippen molar-refractivity contribution in [1.82, 2.24) is 15.2 Å². The molecule has 2 aromatic heterocycles. The van der Waals surface area contributed by atoms with Gasteiger partial charge in [-0.15, -0.1) is 10.2 Å². The van der Waals surface area contributed by atoms with Crippen LogP contribution in [0.25, 0.3) is 34.4 Å². The fraction of sp³-hybridized carbons (Fsp3) is 0. The summed E-state index contributed by atoms with van der Waals surface area (Å²) in [5.74, 6) is 1.78. The van der Waals surface area contributed by atoms with Crippen LogP contribution in [0.3, 0.4) is 0 Å². The Morgan fingerprint density at radius 2 is 1.93 bits per heavy atom. The number of aromatic nitrogens is 3. The van der Waals surface area contributed by atoms with Crippen molar-refractivity contribution in [3.8, 4) is 22.7 Å². The Kier molecular flexibility index (Phi) is 3.84. The molecule has 0 fully saturated rings. The third-order valence-corrected chi connectivity index (χ3v) is 4.75. The Hall–Kier alpha value is -3.64. The summed E-state index contributed by atoms with van der Waals surface area (Å²) >= 11 is 6.08. The number of carbonyl (C=O) groups is 1. The summed E-state index contributed by atoms with van der Waals surface area (Å²) < 4.78 is 5.96. The summed E-state index contributed by atoms with van der Waals surface area (Å²) in [7, 11) is 0. The van der Waals surface area contributed by atoms with Gasteiger partial charge in [-0.2, -0.15) is 0 Å². The highest BCUT2D eigenvalue weighted by molar-refractivity contribution is 6.36. The van der Waals surface area contributed by atoms with Crippen LogP contribution in [-0.2, 0) is 4.79 Å². The van der Waals surface area contributed by atoms with Crippen molar-refractivity contribution in [3.05, 3.63) is 77.3 Å². The molecule has 0 atom stereocenters. The van der Waals surface area contributed by atoms with Gasteiger partial charge in [0.2, 0.25) is 0 Å². The van der Waals surface area contributed by atoms with Crippen LogP contribution in [0, 0.1) is 0 Å². The summed E-state index contributed by atoms with van der Waals surface area (Å²) in [6.07, 6.45) is 3.26. The predicted octanol–water partition coefficient (Wildman–Crippen LogP) is 4.88. The molecule has 1 aliphatic rings. The standard InChI is InChI=1S/C21H13ClN4O2/c22-14-4-6-18-16(9-14)17(21(27)25-18)10-15-5-7-19(28-15)12-2-1-3-13(8-12)20-23-11-24-26-20/h1-11H,(H,25,27)(H,23,24,26). The number of carbonyl (C=O) groups excluding carboxylic acids is 1. The van der Waals surface area contributed by atoms with E-state index in [0.717, 1.165) is 22.4 Å². The number of nitrogens with zero attached hydrogens (tertiary/aromatic N) is 2. The molecule has 0 aliphatic carbocycles. The lowest BCUT2D eigenvalue weighted by atomic mass is 10.1. The topological polar surface area (TPSA) is 83.8 Å². The average Bonchev–Trinajstić information content (AvgIpc) is 3.44. The van der Waals surface area contributed by atoms with E-state index in [0.29, 0.717) is 27.9 Å². The number of furan rings is 1. The maximum Gasteiger partial charge on any atom is 0.256 e. The number of nitrogens with one attached hydrogen (secondary N) is 2. The first-order valence-electron chi connectivity index (χ1n) is 8.57. The summed E-state index contributed by atoms with van der Waals surface area (Å²) in [4.78, 5) is 15.3. The highest BCUT2D eigenvalue weighted by Crippen LogP contribution is 2.35. The van der Waals surface area contributed by atoms with Gasteiger partial charge in [0.05, 0.1) is 5.57 Å². The van der Waals surface area contributed by atoms with Gasteiger partial charge in [-0.25, -0.2) is 0 Å². The zero-order valence-electron chi connectivity index (χ0n) is 14.4. The molecule has 3 heterocycles. The lowest BCUT2D eigenvalue weighted by molar-refractivity contribution is -0.110. The molecule has 6 nitrogen and oxygen atoms in total. The van der Waals surface area contributed by atoms with Crippen LogP contribution in [0.15, 0.2) is 65.3 Å². The van der Waals surface area contributed by atoms with E-state index in [1.165, 1.54) is 6.33 Å². The van der Waals surface area contributed by atoms with Gasteiger partial charge in [0, 0.05) is 27.4 Å². The molecule has 1 aliphatic heterocycles. The second-order valence-corrected chi connectivity index (χ2v) is 6.76. The molecule has 0 radical (unpaired) electrons. The second-order valence-electron chi connectivity index (χ2n) is 6.32. The average molecular weight is 389 g/mol. The van der Waals surface area contributed by atoms with Crippen molar-refractivity contribution >= 4 is 34.8 Å². The third kappa shape index (κ3) is 2.90. The zero-order valence-corrected chi connectivity index (χ0v) is 15.2. The Morgan fingerprint density at radius 1 is 1.04 bits per heavy atom. The molecule has 4 aromatic rings. The van der Waals surface area contributed by atoms with Crippen molar-refractivity contribution in [2.24, 2.45) is 0 Å². The van der Waals surface area contributed by atoms with E-state index in [4.69, 9.17) is 16.0 Å². The van der Waals surface area contributed by atoms with Gasteiger partial charge in [0.25, 0.3) is 5.91 Å². The Labute approximate surface area is 164 Å². The highest BCUT2D eigenvalue weighted by Gasteiger charge is 2.24. The number of aromatic amines is 1. The Bertz CT molecular complexity index is 1220. The fourth-order valence-corrected chi connectivity index (χ4v) is 3.37. The molecule has 136 valence electrons. The number of hydrogen-bond acceptors (Lipinski definition) is 4. The van der Waals surface area contributed by atoms with Crippen LogP contribution in [0.2, 0.25) is 5.02 Å². The quantitative estimate of drug-likeness (QED) is 0.490. The number of hydrogen-bond donors (Lipinski definition) is 2. The van der Waals surface area contributed by atoms with Crippen molar-refractivity contribution in [3.63, 3.8) is 0 Å². The number of amides is 1. The highest BCUT2D eigenvalue weighted by atomic mass is 35.5. The molecule has 28 heavy (non-hydrogen) atoms. The minimum absolute atomic E-state index is 0.178. The van der Waals surface area contributed by atoms with Crippen LogP contribution < -0.4 is 5.32 Å². The molecule has 1 amide bonds. The monoisotopic (exact) mass is 388 g/mol. The first kappa shape index (κ1) is 16.5. The maximum atomic E-state index is 12.3. The predicted molar refractivity (Wildman–Crippen MR) is 107 cm³/mol. The first-order chi connectivity index (χ1) is 13.7. The number of halogens is 1. The smallest absolute Gasteiger partial charge is 0.256 e. The fourth-order valence-electron chi connectivity index (χ4n) is 3.20. The molecule has 0 unspecified atom stereocenters. The molecule has 0 bridgehead atoms. The van der Waals surface area contributed by atoms with Crippen LogP contribution in [-0.4, -0.2) is 21.1 Å². The van der Waals surface area contributed by atoms with Crippen LogP contribution >= 0.6 is 11.6 Å². The van der Waals surface area contributed by atoms with E-state index < -0.39 is 0 Å². The lowest BCUT2D eigenvalue weighted by Gasteiger charge is -2.01. The summed E-state index contributed by atoms with van der Waals surface area (Å²) in [5.41, 5.74) is 3.84. The van der Waals surface area contributed by atoms with E-state index in [1.807, 2.05) is 36.4 Å². The SMILES string of the molecule is O=C1Nc2ccc(Cl)cc2C1=Cc1ccc(-c2cccc(-c3nnc[nH]3)c2)o1. The van der Waals surface area contributed by atoms with E-state index in [9.17, 15) is 4.79 Å². The minimum atomic E-state index is -0.178. The zero-order chi connectivity index (χ0) is 19.1. The van der Waals surface area contributed by atoms with E-state index in [-0.39, 0.29) is 5.91 Å².